The average molecular weight is 481 g/mol. The summed E-state index contributed by atoms with van der Waals surface area (Å²) in [5.41, 5.74) is 7.37. The topological polar surface area (TPSA) is 106 Å². The van der Waals surface area contributed by atoms with Gasteiger partial charge in [0, 0.05) is 34.9 Å². The van der Waals surface area contributed by atoms with Crippen LogP contribution in [0, 0.1) is 0 Å². The van der Waals surface area contributed by atoms with Crippen LogP contribution in [0.5, 0.6) is 5.75 Å². The molecule has 2 aromatic carbocycles. The van der Waals surface area contributed by atoms with Crippen LogP contribution in [0.15, 0.2) is 78.0 Å². The highest BCUT2D eigenvalue weighted by Crippen LogP contribution is 2.20. The number of anilines is 1. The summed E-state index contributed by atoms with van der Waals surface area (Å²) in [7, 11) is 1.64. The molecule has 4 N–H and O–H groups in total. The zero-order chi connectivity index (χ0) is 25.0. The smallest absolute Gasteiger partial charge is 0.250 e. The van der Waals surface area contributed by atoms with Gasteiger partial charge in [-0.3, -0.25) is 19.3 Å². The molecule has 0 saturated carbocycles. The Bertz CT molecular complexity index is 1030. The Labute approximate surface area is 205 Å². The Balaban J connectivity index is 0.000000379. The van der Waals surface area contributed by atoms with E-state index in [1.54, 1.807) is 37.4 Å². The van der Waals surface area contributed by atoms with Crippen LogP contribution in [0.3, 0.4) is 0 Å². The van der Waals surface area contributed by atoms with Crippen molar-refractivity contribution in [3.63, 3.8) is 0 Å². The maximum Gasteiger partial charge on any atom is 0.250 e. The number of nitrogens with two attached hydrogens (primary N) is 1. The molecule has 3 aromatic rings. The number of carbonyl (C=O) groups is 2. The summed E-state index contributed by atoms with van der Waals surface area (Å²) in [6, 6.07) is 18.9. The van der Waals surface area contributed by atoms with E-state index in [0.717, 1.165) is 21.9 Å². The zero-order valence-corrected chi connectivity index (χ0v) is 20.8. The van der Waals surface area contributed by atoms with Gasteiger partial charge in [-0.1, -0.05) is 12.1 Å². The fourth-order valence-corrected chi connectivity index (χ4v) is 3.30. The van der Waals surface area contributed by atoms with Crippen molar-refractivity contribution in [3.05, 3.63) is 84.2 Å². The molecule has 0 aliphatic carbocycles. The number of methoxy groups -OCH3 is 1. The summed E-state index contributed by atoms with van der Waals surface area (Å²) >= 11 is 1.59. The van der Waals surface area contributed by atoms with Crippen molar-refractivity contribution in [2.75, 3.05) is 12.4 Å². The fourth-order valence-electron chi connectivity index (χ4n) is 2.60. The molecule has 0 saturated heterocycles. The Kier molecular flexibility index (Phi) is 10.6. The standard InChI is InChI=1S/C20H26N2O2S.C6H6N2O/c1-20(2,3)22-25-18-12-8-16(9-13-18)21-19(23)14-7-15-5-10-17(24-4)11-6-15;7-6(9)5-2-1-3-8-4-5/h5-6,8-13,22H,7,14H2,1-4H3,(H,21,23);1-4H,(H2,7,9). The normalized spacial score (nSPS) is 10.6. The molecule has 1 aromatic heterocycles. The van der Waals surface area contributed by atoms with Crippen molar-refractivity contribution in [1.29, 1.82) is 0 Å². The van der Waals surface area contributed by atoms with Crippen LogP contribution in [-0.4, -0.2) is 29.4 Å². The van der Waals surface area contributed by atoms with Crippen LogP contribution in [0.4, 0.5) is 5.69 Å². The molecule has 0 radical (unpaired) electrons. The molecule has 0 fully saturated rings. The summed E-state index contributed by atoms with van der Waals surface area (Å²) < 4.78 is 8.50. The first-order chi connectivity index (χ1) is 16.2. The second-order valence-electron chi connectivity index (χ2n) is 8.48. The van der Waals surface area contributed by atoms with Gasteiger partial charge in [-0.25, -0.2) is 0 Å². The van der Waals surface area contributed by atoms with Crippen LogP contribution < -0.4 is 20.5 Å². The lowest BCUT2D eigenvalue weighted by atomic mass is 10.1. The van der Waals surface area contributed by atoms with Crippen molar-refractivity contribution < 1.29 is 14.3 Å². The molecule has 3 rings (SSSR count). The second-order valence-corrected chi connectivity index (χ2v) is 9.36. The summed E-state index contributed by atoms with van der Waals surface area (Å²) in [5, 5.41) is 2.94. The Morgan fingerprint density at radius 3 is 2.21 bits per heavy atom. The number of aryl methyl sites for hydroxylation is 1. The number of pyridine rings is 1. The third-order valence-corrected chi connectivity index (χ3v) is 5.58. The lowest BCUT2D eigenvalue weighted by molar-refractivity contribution is -0.116. The minimum atomic E-state index is -0.442. The second kappa shape index (κ2) is 13.4. The van der Waals surface area contributed by atoms with E-state index in [4.69, 9.17) is 10.5 Å². The first-order valence-corrected chi connectivity index (χ1v) is 11.6. The highest BCUT2D eigenvalue weighted by atomic mass is 32.2. The Morgan fingerprint density at radius 1 is 1.03 bits per heavy atom. The number of aromatic nitrogens is 1. The number of hydrogen-bond donors (Lipinski definition) is 3. The van der Waals surface area contributed by atoms with Gasteiger partial charge in [0.05, 0.1) is 12.7 Å². The van der Waals surface area contributed by atoms with Crippen molar-refractivity contribution in [2.24, 2.45) is 5.73 Å². The fraction of sp³-hybridized carbons (Fsp3) is 0.269. The van der Waals surface area contributed by atoms with Crippen molar-refractivity contribution in [3.8, 4) is 5.75 Å². The number of benzene rings is 2. The first kappa shape index (κ1) is 26.9. The number of amides is 2. The number of nitrogens with zero attached hydrogens (tertiary/aromatic N) is 1. The minimum absolute atomic E-state index is 0.0176. The highest BCUT2D eigenvalue weighted by molar-refractivity contribution is 7.97. The van der Waals surface area contributed by atoms with E-state index in [0.29, 0.717) is 18.4 Å². The Hall–Kier alpha value is -3.36. The number of ether oxygens (including phenoxy) is 1. The van der Waals surface area contributed by atoms with Gasteiger partial charge < -0.3 is 15.8 Å². The minimum Gasteiger partial charge on any atom is -0.497 e. The van der Waals surface area contributed by atoms with Crippen LogP contribution in [0.2, 0.25) is 0 Å². The van der Waals surface area contributed by atoms with E-state index in [2.05, 4.69) is 35.8 Å². The number of carbonyl (C=O) groups excluding carboxylic acids is 2. The number of primary amides is 1. The lowest BCUT2D eigenvalue weighted by Crippen LogP contribution is -2.29. The monoisotopic (exact) mass is 480 g/mol. The third kappa shape index (κ3) is 10.5. The molecule has 8 heteroatoms. The van der Waals surface area contributed by atoms with Gasteiger partial charge in [0.15, 0.2) is 0 Å². The van der Waals surface area contributed by atoms with Crippen LogP contribution in [-0.2, 0) is 11.2 Å². The van der Waals surface area contributed by atoms with E-state index in [9.17, 15) is 9.59 Å². The highest BCUT2D eigenvalue weighted by Gasteiger charge is 2.09. The molecule has 180 valence electrons. The maximum atomic E-state index is 12.1. The van der Waals surface area contributed by atoms with Crippen molar-refractivity contribution in [2.45, 2.75) is 44.0 Å². The van der Waals surface area contributed by atoms with E-state index < -0.39 is 5.91 Å². The molecule has 0 atom stereocenters. The largest absolute Gasteiger partial charge is 0.497 e. The summed E-state index contributed by atoms with van der Waals surface area (Å²) in [6.07, 6.45) is 4.18. The van der Waals surface area contributed by atoms with E-state index in [1.807, 2.05) is 48.5 Å². The van der Waals surface area contributed by atoms with Gasteiger partial charge in [-0.15, -0.1) is 0 Å². The van der Waals surface area contributed by atoms with Gasteiger partial charge >= 0.3 is 0 Å². The molecule has 0 aliphatic heterocycles. The number of nitrogens with one attached hydrogen (secondary N) is 2. The SMILES string of the molecule is COc1ccc(CCC(=O)Nc2ccc(SNC(C)(C)C)cc2)cc1.NC(=O)c1cccnc1. The van der Waals surface area contributed by atoms with Gasteiger partial charge in [-0.2, -0.15) is 0 Å². The molecule has 7 nitrogen and oxygen atoms in total. The van der Waals surface area contributed by atoms with Crippen LogP contribution in [0.1, 0.15) is 43.1 Å². The zero-order valence-electron chi connectivity index (χ0n) is 20.0. The summed E-state index contributed by atoms with van der Waals surface area (Å²) in [6.45, 7) is 6.37. The van der Waals surface area contributed by atoms with Gasteiger partial charge in [0.25, 0.3) is 0 Å². The number of rotatable bonds is 8. The molecular weight excluding hydrogens is 448 g/mol. The Morgan fingerprint density at radius 2 is 1.71 bits per heavy atom. The first-order valence-electron chi connectivity index (χ1n) is 10.8. The molecule has 1 heterocycles. The predicted molar refractivity (Wildman–Crippen MR) is 138 cm³/mol. The molecule has 34 heavy (non-hydrogen) atoms. The van der Waals surface area contributed by atoms with Crippen LogP contribution >= 0.6 is 11.9 Å². The molecule has 0 aliphatic rings. The average Bonchev–Trinajstić information content (AvgIpc) is 2.83. The van der Waals surface area contributed by atoms with Gasteiger partial charge in [0.1, 0.15) is 5.75 Å². The molecule has 0 spiro atoms. The van der Waals surface area contributed by atoms with E-state index >= 15 is 0 Å². The summed E-state index contributed by atoms with van der Waals surface area (Å²) in [5.74, 6) is 0.402. The van der Waals surface area contributed by atoms with Crippen molar-refractivity contribution in [1.82, 2.24) is 9.71 Å². The molecule has 0 unspecified atom stereocenters. The lowest BCUT2D eigenvalue weighted by Gasteiger charge is -2.19. The van der Waals surface area contributed by atoms with Crippen LogP contribution in [0.25, 0.3) is 0 Å². The summed E-state index contributed by atoms with van der Waals surface area (Å²) in [4.78, 5) is 27.3. The molecular formula is C26H32N4O3S. The predicted octanol–water partition coefficient (Wildman–Crippen LogP) is 4.84. The third-order valence-electron chi connectivity index (χ3n) is 4.36. The van der Waals surface area contributed by atoms with Crippen molar-refractivity contribution >= 4 is 29.4 Å². The van der Waals surface area contributed by atoms with Gasteiger partial charge in [-0.05, 0) is 93.2 Å². The van der Waals surface area contributed by atoms with E-state index in [-0.39, 0.29) is 11.4 Å². The quantitative estimate of drug-likeness (QED) is 0.398. The van der Waals surface area contributed by atoms with Gasteiger partial charge in [0.2, 0.25) is 11.8 Å². The number of hydrogen-bond acceptors (Lipinski definition) is 6. The molecule has 0 bridgehead atoms. The molecule has 2 amide bonds. The van der Waals surface area contributed by atoms with E-state index in [1.165, 1.54) is 6.20 Å². The maximum absolute atomic E-state index is 12.1.